The van der Waals surface area contributed by atoms with Crippen molar-refractivity contribution in [1.82, 2.24) is 19.1 Å². The van der Waals surface area contributed by atoms with Crippen LogP contribution in [-0.2, 0) is 17.9 Å². The van der Waals surface area contributed by atoms with Gasteiger partial charge in [0, 0.05) is 17.8 Å². The lowest BCUT2D eigenvalue weighted by molar-refractivity contribution is -0.116. The molecule has 1 amide bonds. The monoisotopic (exact) mass is 437 g/mol. The maximum Gasteiger partial charge on any atom is 0.332 e. The molecule has 1 aromatic carbocycles. The number of nitrogens with zero attached hydrogens (tertiary/aromatic N) is 4. The lowest BCUT2D eigenvalue weighted by Gasteiger charge is -2.13. The molecule has 10 nitrogen and oxygen atoms in total. The SMILES string of the molecule is O=C(Cn1c(=O)n(Cc2ccc3c(c2)OCO3)c(=O)c2ncccc21)Nc1nccs1. The number of pyridine rings is 1. The zero-order chi connectivity index (χ0) is 21.4. The highest BCUT2D eigenvalue weighted by molar-refractivity contribution is 7.13. The number of aromatic nitrogens is 4. The van der Waals surface area contributed by atoms with E-state index in [1.165, 1.54) is 22.1 Å². The molecule has 0 radical (unpaired) electrons. The summed E-state index contributed by atoms with van der Waals surface area (Å²) in [4.78, 5) is 46.9. The molecule has 4 heterocycles. The van der Waals surface area contributed by atoms with E-state index in [9.17, 15) is 14.4 Å². The third kappa shape index (κ3) is 3.55. The van der Waals surface area contributed by atoms with Crippen LogP contribution in [0.2, 0.25) is 0 Å². The van der Waals surface area contributed by atoms with Gasteiger partial charge in [0.1, 0.15) is 6.54 Å². The van der Waals surface area contributed by atoms with E-state index < -0.39 is 17.2 Å². The van der Waals surface area contributed by atoms with Crippen molar-refractivity contribution >= 4 is 33.4 Å². The zero-order valence-corrected chi connectivity index (χ0v) is 16.8. The minimum absolute atomic E-state index is 0.00504. The van der Waals surface area contributed by atoms with E-state index in [4.69, 9.17) is 9.47 Å². The quantitative estimate of drug-likeness (QED) is 0.502. The second-order valence-corrected chi connectivity index (χ2v) is 7.60. The van der Waals surface area contributed by atoms with Gasteiger partial charge in [-0.1, -0.05) is 6.07 Å². The highest BCUT2D eigenvalue weighted by Gasteiger charge is 2.18. The highest BCUT2D eigenvalue weighted by atomic mass is 32.1. The van der Waals surface area contributed by atoms with Crippen LogP contribution >= 0.6 is 11.3 Å². The molecule has 156 valence electrons. The van der Waals surface area contributed by atoms with Gasteiger partial charge >= 0.3 is 5.69 Å². The van der Waals surface area contributed by atoms with Crippen LogP contribution in [-0.4, -0.2) is 31.8 Å². The molecule has 1 aliphatic rings. The maximum atomic E-state index is 13.2. The molecule has 0 bridgehead atoms. The van der Waals surface area contributed by atoms with Gasteiger partial charge in [-0.2, -0.15) is 0 Å². The van der Waals surface area contributed by atoms with Gasteiger partial charge in [0.15, 0.2) is 22.1 Å². The van der Waals surface area contributed by atoms with E-state index in [1.54, 1.807) is 41.9 Å². The van der Waals surface area contributed by atoms with Gasteiger partial charge in [0.2, 0.25) is 12.7 Å². The third-order valence-electron chi connectivity index (χ3n) is 4.74. The molecule has 31 heavy (non-hydrogen) atoms. The second kappa shape index (κ2) is 7.69. The summed E-state index contributed by atoms with van der Waals surface area (Å²) in [6, 6.07) is 8.39. The Morgan fingerprint density at radius 2 is 1.97 bits per heavy atom. The molecule has 0 atom stereocenters. The van der Waals surface area contributed by atoms with Crippen LogP contribution in [0.3, 0.4) is 0 Å². The summed E-state index contributed by atoms with van der Waals surface area (Å²) in [5.74, 6) is 0.718. The van der Waals surface area contributed by atoms with E-state index in [1.807, 2.05) is 0 Å². The molecule has 0 aliphatic carbocycles. The maximum absolute atomic E-state index is 13.2. The number of nitrogens with one attached hydrogen (secondary N) is 1. The smallest absolute Gasteiger partial charge is 0.332 e. The normalized spacial score (nSPS) is 12.3. The van der Waals surface area contributed by atoms with Crippen molar-refractivity contribution in [2.24, 2.45) is 0 Å². The van der Waals surface area contributed by atoms with Crippen molar-refractivity contribution < 1.29 is 14.3 Å². The van der Waals surface area contributed by atoms with Crippen LogP contribution in [0.1, 0.15) is 5.56 Å². The molecule has 0 spiro atoms. The van der Waals surface area contributed by atoms with E-state index in [2.05, 4.69) is 15.3 Å². The molecule has 4 aromatic rings. The number of hydrogen-bond acceptors (Lipinski definition) is 8. The predicted molar refractivity (Wildman–Crippen MR) is 113 cm³/mol. The van der Waals surface area contributed by atoms with Gasteiger partial charge < -0.3 is 14.8 Å². The topological polar surface area (TPSA) is 117 Å². The molecule has 0 saturated heterocycles. The Kier molecular flexibility index (Phi) is 4.71. The van der Waals surface area contributed by atoms with Crippen LogP contribution in [0.4, 0.5) is 5.13 Å². The first-order valence-corrected chi connectivity index (χ1v) is 10.1. The number of hydrogen-bond donors (Lipinski definition) is 1. The summed E-state index contributed by atoms with van der Waals surface area (Å²) in [5.41, 5.74) is -0.0801. The van der Waals surface area contributed by atoms with E-state index >= 15 is 0 Å². The summed E-state index contributed by atoms with van der Waals surface area (Å²) < 4.78 is 13.0. The first kappa shape index (κ1) is 19.0. The summed E-state index contributed by atoms with van der Waals surface area (Å²) in [6.07, 6.45) is 3.04. The lowest BCUT2D eigenvalue weighted by Crippen LogP contribution is -2.42. The summed E-state index contributed by atoms with van der Waals surface area (Å²) in [7, 11) is 0. The molecule has 11 heteroatoms. The van der Waals surface area contributed by atoms with Crippen molar-refractivity contribution in [3.63, 3.8) is 0 Å². The number of benzene rings is 1. The Hall–Kier alpha value is -3.99. The Morgan fingerprint density at radius 3 is 2.81 bits per heavy atom. The van der Waals surface area contributed by atoms with Crippen molar-refractivity contribution in [1.29, 1.82) is 0 Å². The van der Waals surface area contributed by atoms with Gasteiger partial charge in [0.25, 0.3) is 5.56 Å². The third-order valence-corrected chi connectivity index (χ3v) is 5.43. The zero-order valence-electron chi connectivity index (χ0n) is 16.0. The molecule has 5 rings (SSSR count). The molecule has 1 aliphatic heterocycles. The minimum atomic E-state index is -0.613. The van der Waals surface area contributed by atoms with Gasteiger partial charge in [-0.25, -0.2) is 14.8 Å². The Labute approximate surface area is 178 Å². The molecule has 3 aromatic heterocycles. The lowest BCUT2D eigenvalue weighted by atomic mass is 10.2. The average Bonchev–Trinajstić information content (AvgIpc) is 3.45. The molecular weight excluding hydrogens is 422 g/mol. The summed E-state index contributed by atoms with van der Waals surface area (Å²) in [5, 5.41) is 4.80. The largest absolute Gasteiger partial charge is 0.454 e. The first-order chi connectivity index (χ1) is 15.1. The van der Waals surface area contributed by atoms with Crippen LogP contribution < -0.4 is 26.0 Å². The molecule has 0 saturated carbocycles. The van der Waals surface area contributed by atoms with Gasteiger partial charge in [-0.15, -0.1) is 11.3 Å². The fraction of sp³-hybridized carbons (Fsp3) is 0.150. The summed E-state index contributed by atoms with van der Waals surface area (Å²) >= 11 is 1.27. The minimum Gasteiger partial charge on any atom is -0.454 e. The molecule has 0 fully saturated rings. The second-order valence-electron chi connectivity index (χ2n) is 6.70. The van der Waals surface area contributed by atoms with Crippen LogP contribution in [0.25, 0.3) is 11.0 Å². The fourth-order valence-corrected chi connectivity index (χ4v) is 3.89. The number of thiazole rings is 1. The van der Waals surface area contributed by atoms with Crippen LogP contribution in [0, 0.1) is 0 Å². The van der Waals surface area contributed by atoms with Gasteiger partial charge in [-0.3, -0.25) is 18.7 Å². The predicted octanol–water partition coefficient (Wildman–Crippen LogP) is 1.43. The number of anilines is 1. The number of ether oxygens (including phenoxy) is 2. The number of amides is 1. The van der Waals surface area contributed by atoms with E-state index in [0.29, 0.717) is 22.2 Å². The van der Waals surface area contributed by atoms with Crippen molar-refractivity contribution in [2.45, 2.75) is 13.1 Å². The number of fused-ring (bicyclic) bond motifs is 2. The molecule has 1 N–H and O–H groups in total. The van der Waals surface area contributed by atoms with Crippen molar-refractivity contribution in [2.75, 3.05) is 12.1 Å². The Balaban J connectivity index is 1.56. The standard InChI is InChI=1S/C20H15N5O5S/c26-16(23-19-22-6-7-31-19)10-24-13-2-1-5-21-17(13)18(27)25(20(24)28)9-12-3-4-14-15(8-12)30-11-29-14/h1-8H,9-11H2,(H,22,23,26). The van der Waals surface area contributed by atoms with Crippen molar-refractivity contribution in [3.8, 4) is 11.5 Å². The van der Waals surface area contributed by atoms with Gasteiger partial charge in [0.05, 0.1) is 12.1 Å². The van der Waals surface area contributed by atoms with Crippen LogP contribution in [0.5, 0.6) is 11.5 Å². The van der Waals surface area contributed by atoms with Crippen molar-refractivity contribution in [3.05, 3.63) is 74.5 Å². The number of rotatable bonds is 5. The highest BCUT2D eigenvalue weighted by Crippen LogP contribution is 2.32. The van der Waals surface area contributed by atoms with E-state index in [-0.39, 0.29) is 30.9 Å². The first-order valence-electron chi connectivity index (χ1n) is 9.26. The fourth-order valence-electron chi connectivity index (χ4n) is 3.34. The van der Waals surface area contributed by atoms with Crippen LogP contribution in [0.15, 0.2) is 57.7 Å². The average molecular weight is 437 g/mol. The molecule has 0 unspecified atom stereocenters. The van der Waals surface area contributed by atoms with E-state index in [0.717, 1.165) is 4.57 Å². The Bertz CT molecular complexity index is 1410. The number of carbonyl (C=O) groups excluding carboxylic acids is 1. The van der Waals surface area contributed by atoms with Gasteiger partial charge in [-0.05, 0) is 29.8 Å². The number of carbonyl (C=O) groups is 1. The Morgan fingerprint density at radius 1 is 1.10 bits per heavy atom. The summed E-state index contributed by atoms with van der Waals surface area (Å²) in [6.45, 7) is -0.170. The molecular formula is C20H15N5O5S.